The molecule has 0 radical (unpaired) electrons. The van der Waals surface area contributed by atoms with Crippen LogP contribution in [0.4, 0.5) is 0 Å². The fraction of sp³-hybridized carbons (Fsp3) is 0.600. The summed E-state index contributed by atoms with van der Waals surface area (Å²) in [7, 11) is 0. The molecule has 0 heterocycles. The van der Waals surface area contributed by atoms with E-state index >= 15 is 0 Å². The van der Waals surface area contributed by atoms with Crippen LogP contribution in [0.1, 0.15) is 58.8 Å². The minimum Gasteiger partial charge on any atom is -0.0839 e. The summed E-state index contributed by atoms with van der Waals surface area (Å²) in [6.07, 6.45) is 24.4. The third-order valence-corrected chi connectivity index (χ3v) is 9.14. The van der Waals surface area contributed by atoms with Gasteiger partial charge < -0.3 is 0 Å². The Morgan fingerprint density at radius 1 is 1.12 bits per heavy atom. The second-order valence-electron chi connectivity index (χ2n) is 9.82. The van der Waals surface area contributed by atoms with Crippen LogP contribution in [-0.2, 0) is 0 Å². The molecule has 0 aromatic rings. The Morgan fingerprint density at radius 2 is 2.00 bits per heavy atom. The van der Waals surface area contributed by atoms with Crippen LogP contribution in [0, 0.1) is 35.0 Å². The van der Waals surface area contributed by atoms with Crippen LogP contribution >= 0.6 is 22.6 Å². The first-order valence-electron chi connectivity index (χ1n) is 10.7. The molecule has 26 heavy (non-hydrogen) atoms. The van der Waals surface area contributed by atoms with E-state index in [1.54, 1.807) is 20.3 Å². The summed E-state index contributed by atoms with van der Waals surface area (Å²) >= 11 is 2.58. The molecule has 5 atom stereocenters. The predicted molar refractivity (Wildman–Crippen MR) is 119 cm³/mol. The highest BCUT2D eigenvalue weighted by molar-refractivity contribution is 14.1. The van der Waals surface area contributed by atoms with Crippen molar-refractivity contribution >= 4 is 22.6 Å². The van der Waals surface area contributed by atoms with Gasteiger partial charge in [-0.1, -0.05) is 55.9 Å². The molecule has 1 fully saturated rings. The van der Waals surface area contributed by atoms with Gasteiger partial charge in [0.2, 0.25) is 0 Å². The maximum Gasteiger partial charge on any atom is -0.0107 e. The van der Waals surface area contributed by atoms with Crippen LogP contribution < -0.4 is 0 Å². The van der Waals surface area contributed by atoms with Gasteiger partial charge in [-0.2, -0.15) is 0 Å². The lowest BCUT2D eigenvalue weighted by Gasteiger charge is -2.36. The maximum absolute atomic E-state index is 2.74. The van der Waals surface area contributed by atoms with E-state index in [1.165, 1.54) is 44.9 Å². The fourth-order valence-corrected chi connectivity index (χ4v) is 7.47. The summed E-state index contributed by atoms with van der Waals surface area (Å²) < 4.78 is 1.60. The summed E-state index contributed by atoms with van der Waals surface area (Å²) in [6.45, 7) is 5.12. The van der Waals surface area contributed by atoms with Gasteiger partial charge in [-0.15, -0.1) is 0 Å². The zero-order chi connectivity index (χ0) is 17.9. The van der Waals surface area contributed by atoms with E-state index in [1.807, 2.05) is 0 Å². The normalized spacial score (nSPS) is 40.5. The van der Waals surface area contributed by atoms with Crippen LogP contribution in [0.15, 0.2) is 56.8 Å². The SMILES string of the molecule is CC1(C)C2CC(I)=CCC2[C@@H]2C=CC(C3CCC4=C(CCC=C4)C3)=CC21. The Kier molecular flexibility index (Phi) is 4.38. The smallest absolute Gasteiger partial charge is 0.0107 e. The van der Waals surface area contributed by atoms with Crippen molar-refractivity contribution in [2.24, 2.45) is 35.0 Å². The van der Waals surface area contributed by atoms with Crippen molar-refractivity contribution in [3.05, 3.63) is 56.8 Å². The molecule has 0 amide bonds. The summed E-state index contributed by atoms with van der Waals surface area (Å²) in [5.41, 5.74) is 5.53. The van der Waals surface area contributed by atoms with Crippen LogP contribution in [0.25, 0.3) is 0 Å². The highest BCUT2D eigenvalue weighted by Crippen LogP contribution is 2.61. The number of allylic oxidation sites excluding steroid dienone is 10. The van der Waals surface area contributed by atoms with Crippen molar-refractivity contribution in [1.82, 2.24) is 0 Å². The molecule has 0 spiro atoms. The quantitative estimate of drug-likeness (QED) is 0.356. The van der Waals surface area contributed by atoms with E-state index in [0.29, 0.717) is 5.41 Å². The first kappa shape index (κ1) is 17.5. The molecule has 0 N–H and O–H groups in total. The number of fused-ring (bicyclic) bond motifs is 3. The van der Waals surface area contributed by atoms with Gasteiger partial charge in [-0.05, 0) is 117 Å². The number of hydrogen-bond acceptors (Lipinski definition) is 0. The minimum atomic E-state index is 0.433. The third-order valence-electron chi connectivity index (χ3n) is 8.26. The summed E-state index contributed by atoms with van der Waals surface area (Å²) in [4.78, 5) is 0. The van der Waals surface area contributed by atoms with E-state index in [2.05, 4.69) is 72.9 Å². The molecule has 0 aromatic heterocycles. The largest absolute Gasteiger partial charge is 0.0839 e. The predicted octanol–water partition coefficient (Wildman–Crippen LogP) is 7.55. The second-order valence-corrected chi connectivity index (χ2v) is 11.2. The first-order valence-corrected chi connectivity index (χ1v) is 11.7. The Hall–Kier alpha value is -0.570. The van der Waals surface area contributed by atoms with Gasteiger partial charge in [0.25, 0.3) is 0 Å². The van der Waals surface area contributed by atoms with E-state index in [0.717, 1.165) is 29.6 Å². The van der Waals surface area contributed by atoms with Crippen LogP contribution in [0.5, 0.6) is 0 Å². The first-order chi connectivity index (χ1) is 12.5. The fourth-order valence-electron chi connectivity index (χ4n) is 6.74. The Labute approximate surface area is 172 Å². The van der Waals surface area contributed by atoms with Crippen molar-refractivity contribution in [3.8, 4) is 0 Å². The molecule has 5 aliphatic rings. The summed E-state index contributed by atoms with van der Waals surface area (Å²) in [5.74, 6) is 4.02. The molecule has 138 valence electrons. The molecular weight excluding hydrogens is 427 g/mol. The van der Waals surface area contributed by atoms with Crippen molar-refractivity contribution in [2.75, 3.05) is 0 Å². The lowest BCUT2D eigenvalue weighted by molar-refractivity contribution is 0.186. The van der Waals surface area contributed by atoms with Gasteiger partial charge in [0.05, 0.1) is 0 Å². The monoisotopic (exact) mass is 458 g/mol. The van der Waals surface area contributed by atoms with Gasteiger partial charge in [-0.25, -0.2) is 0 Å². The van der Waals surface area contributed by atoms with E-state index in [-0.39, 0.29) is 0 Å². The lowest BCUT2D eigenvalue weighted by Crippen LogP contribution is -2.28. The molecule has 5 rings (SSSR count). The molecular formula is C25H31I. The number of rotatable bonds is 1. The molecule has 0 aromatic carbocycles. The molecule has 1 heteroatoms. The van der Waals surface area contributed by atoms with E-state index in [9.17, 15) is 0 Å². The molecule has 0 aliphatic heterocycles. The zero-order valence-electron chi connectivity index (χ0n) is 16.2. The van der Waals surface area contributed by atoms with Gasteiger partial charge in [0, 0.05) is 0 Å². The molecule has 0 saturated heterocycles. The maximum atomic E-state index is 2.74. The summed E-state index contributed by atoms with van der Waals surface area (Å²) in [5, 5.41) is 0. The average molecular weight is 458 g/mol. The highest BCUT2D eigenvalue weighted by atomic mass is 127. The summed E-state index contributed by atoms with van der Waals surface area (Å²) in [6, 6.07) is 0. The Balaban J connectivity index is 1.41. The van der Waals surface area contributed by atoms with Crippen molar-refractivity contribution in [2.45, 2.75) is 58.8 Å². The van der Waals surface area contributed by atoms with Crippen LogP contribution in [-0.4, -0.2) is 0 Å². The van der Waals surface area contributed by atoms with Crippen LogP contribution in [0.3, 0.4) is 0 Å². The standard InChI is InChI=1S/C25H31I/c1-25(2)23-14-19(18-8-7-16-5-3-4-6-17(16)13-18)9-11-21(23)22-12-10-20(26)15-24(22)25/h3,5,9-11,14,18,21-24H,4,6-8,12-13,15H2,1-2H3/t18?,21-,22?,23?,24?/m0/s1. The van der Waals surface area contributed by atoms with Crippen molar-refractivity contribution in [3.63, 3.8) is 0 Å². The van der Waals surface area contributed by atoms with Gasteiger partial charge in [0.15, 0.2) is 0 Å². The number of hydrogen-bond donors (Lipinski definition) is 0. The zero-order valence-corrected chi connectivity index (χ0v) is 18.3. The molecule has 1 saturated carbocycles. The van der Waals surface area contributed by atoms with Crippen LogP contribution in [0.2, 0.25) is 0 Å². The highest BCUT2D eigenvalue weighted by Gasteiger charge is 2.54. The Morgan fingerprint density at radius 3 is 2.88 bits per heavy atom. The third kappa shape index (κ3) is 2.75. The van der Waals surface area contributed by atoms with Gasteiger partial charge in [-0.3, -0.25) is 0 Å². The topological polar surface area (TPSA) is 0 Å². The number of halogens is 1. The molecule has 0 bridgehead atoms. The minimum absolute atomic E-state index is 0.433. The van der Waals surface area contributed by atoms with E-state index in [4.69, 9.17) is 0 Å². The lowest BCUT2D eigenvalue weighted by atomic mass is 9.69. The molecule has 4 unspecified atom stereocenters. The van der Waals surface area contributed by atoms with Gasteiger partial charge >= 0.3 is 0 Å². The van der Waals surface area contributed by atoms with Crippen molar-refractivity contribution < 1.29 is 0 Å². The second kappa shape index (κ2) is 6.50. The van der Waals surface area contributed by atoms with Crippen molar-refractivity contribution in [1.29, 1.82) is 0 Å². The molecule has 5 aliphatic carbocycles. The molecule has 0 nitrogen and oxygen atoms in total. The van der Waals surface area contributed by atoms with Gasteiger partial charge in [0.1, 0.15) is 0 Å². The Bertz CT molecular complexity index is 757. The van der Waals surface area contributed by atoms with E-state index < -0.39 is 0 Å². The average Bonchev–Trinajstić information content (AvgIpc) is 2.88.